The summed E-state index contributed by atoms with van der Waals surface area (Å²) in [7, 11) is 0. The Bertz CT molecular complexity index is 7260. The predicted octanol–water partition coefficient (Wildman–Crippen LogP) is 21.3. The molecule has 4 heteroatoms. The molecule has 3 saturated carbocycles. The average Bonchev–Trinajstić information content (AvgIpc) is 1.36. The second-order valence-corrected chi connectivity index (χ2v) is 33.5. The highest BCUT2D eigenvalue weighted by atomic mass is 16.6. The molecule has 0 bridgehead atoms. The molecule has 0 unspecified atom stereocenters. The zero-order valence-corrected chi connectivity index (χ0v) is 48.0. The maximum atomic E-state index is 18.4. The highest BCUT2D eigenvalue weighted by molar-refractivity contribution is 6.82. The molecule has 7 aliphatic rings. The Morgan fingerprint density at radius 1 is 0.276 bits per heavy atom. The van der Waals surface area contributed by atoms with E-state index in [0.717, 1.165) is 38.5 Å². The fraction of sp³-hybridized carbons (Fsp3) is 0.277. The molecule has 7 aliphatic carbocycles. The van der Waals surface area contributed by atoms with Crippen molar-refractivity contribution in [1.82, 2.24) is 0 Å². The van der Waals surface area contributed by atoms with Crippen molar-refractivity contribution in [3.8, 4) is 0 Å². The second-order valence-electron chi connectivity index (χ2n) is 33.5. The van der Waals surface area contributed by atoms with Crippen molar-refractivity contribution in [2.24, 2.45) is 40.9 Å². The maximum absolute atomic E-state index is 18.4. The summed E-state index contributed by atoms with van der Waals surface area (Å²) >= 11 is 0. The third-order valence-electron chi connectivity index (χ3n) is 31.4. The van der Waals surface area contributed by atoms with Gasteiger partial charge in [0.1, 0.15) is 12.2 Å². The first-order valence-electron chi connectivity index (χ1n) is 33.9. The number of carbonyl (C=O) groups is 2. The van der Waals surface area contributed by atoms with Crippen molar-refractivity contribution in [2.75, 3.05) is 0 Å². The minimum Gasteiger partial charge on any atom is -0.461 e. The van der Waals surface area contributed by atoms with Crippen LogP contribution in [0.2, 0.25) is 0 Å². The predicted molar refractivity (Wildman–Crippen MR) is 359 cm³/mol. The molecule has 0 amide bonds. The van der Waals surface area contributed by atoms with Gasteiger partial charge in [0.05, 0.1) is 10.8 Å². The van der Waals surface area contributed by atoms with Crippen LogP contribution >= 0.6 is 0 Å². The molecule has 394 valence electrons. The lowest BCUT2D eigenvalue weighted by Crippen LogP contribution is -2.46. The van der Waals surface area contributed by atoms with E-state index < -0.39 is 16.2 Å². The molecular formula is C83H38O4. The summed E-state index contributed by atoms with van der Waals surface area (Å²) in [6, 6.07) is 0. The minimum absolute atomic E-state index is 0.208. The Balaban J connectivity index is 0.939. The standard InChI is InChI=1S/C83H38O4/c1-13(2)17-9-7-15(5)11-19(17)86-79(84)83(80(85)87-20-12-16(6)8-10-18(20)14(3)4)81-75-67-59-49-39-31-23-21-22-25-29-27(23)35-43-37(29)47-41-33(25)34-26(22)30-28-24(21)32(31)40-46-36(28)44-38(30)48-42(34)52-51(41)61-55(47)65-57(43)63(53(59)45(35)39)71(75)73(65)77-69(61)70-62(52)56(48)66-58(44)64-54(46)60(50(40)49)68(67)76(81)72(64)74(66)78(70)82(77,81)83/h13-20H,7-12H2,1-6H3/t15-,16-,17+,18+,19-,20-,81?,82?/m1/s1. The van der Waals surface area contributed by atoms with Crippen LogP contribution in [0.25, 0.3) is 291 Å². The van der Waals surface area contributed by atoms with Crippen LogP contribution in [0.15, 0.2) is 0 Å². The first-order valence-corrected chi connectivity index (χ1v) is 33.9. The number of carbonyl (C=O) groups excluding carboxylic acids is 2. The molecule has 0 aromatic heterocycles. The van der Waals surface area contributed by atoms with Crippen LogP contribution in [0.4, 0.5) is 0 Å². The Labute approximate surface area is 485 Å². The zero-order valence-electron chi connectivity index (χ0n) is 48.0. The van der Waals surface area contributed by atoms with E-state index in [9.17, 15) is 0 Å². The fourth-order valence-electron chi connectivity index (χ4n) is 30.2. The Morgan fingerprint density at radius 3 is 0.598 bits per heavy atom. The average molecular weight is 1100 g/mol. The first kappa shape index (κ1) is 37.8. The van der Waals surface area contributed by atoms with E-state index in [1.807, 2.05) is 0 Å². The van der Waals surface area contributed by atoms with Crippen molar-refractivity contribution in [1.29, 1.82) is 0 Å². The lowest BCUT2D eigenvalue weighted by atomic mass is 9.68. The molecule has 0 saturated heterocycles. The molecule has 28 aromatic carbocycles. The van der Waals surface area contributed by atoms with Crippen LogP contribution in [-0.2, 0) is 29.9 Å². The van der Waals surface area contributed by atoms with Gasteiger partial charge in [0.15, 0.2) is 5.41 Å². The molecule has 0 heterocycles. The van der Waals surface area contributed by atoms with Gasteiger partial charge in [-0.05, 0) is 374 Å². The third kappa shape index (κ3) is 2.33. The van der Waals surface area contributed by atoms with Crippen LogP contribution in [0.3, 0.4) is 0 Å². The number of hydrogen-bond donors (Lipinski definition) is 0. The molecule has 2 spiro atoms. The molecule has 0 aliphatic heterocycles. The Morgan fingerprint density at radius 2 is 0.437 bits per heavy atom. The van der Waals surface area contributed by atoms with Gasteiger partial charge in [0.25, 0.3) is 0 Å². The number of hydrogen-bond acceptors (Lipinski definition) is 4. The number of rotatable bonds is 6. The van der Waals surface area contributed by atoms with E-state index in [0.29, 0.717) is 23.7 Å². The van der Waals surface area contributed by atoms with E-state index in [1.165, 1.54) is 216 Å². The largest absolute Gasteiger partial charge is 0.461 e. The van der Waals surface area contributed by atoms with Crippen molar-refractivity contribution >= 4 is 303 Å². The SMILES string of the molecule is CC(C)[C@@H]1CC[C@@H](C)C[C@H]1OC(=O)C1(C(=O)O[C@@H]2C[C@H](C)CC[C@H]2C(C)C)C23c4c5c6c7c8c9c(c%10c%11c2c2c4c4c%12c5c5c6c6c8c8c%13c9c9c%10c%10c%11c%11c2c2c4c4c%12c%12c5c5c6c8c6c8c%13c9c9c%10c%10c%11c2c2c4c4c%12c5c6c5c8c9c%10c2c45)C713. The highest BCUT2D eigenvalue weighted by Gasteiger charge is 3.01. The van der Waals surface area contributed by atoms with Gasteiger partial charge >= 0.3 is 11.9 Å². The second kappa shape index (κ2) is 9.22. The Kier molecular flexibility index (Phi) is 4.01. The quantitative estimate of drug-likeness (QED) is 0.0946. The summed E-state index contributed by atoms with van der Waals surface area (Å²) in [5.74, 6) is 1.38. The van der Waals surface area contributed by atoms with Gasteiger partial charge in [0, 0.05) is 0 Å². The minimum atomic E-state index is -1.73. The molecule has 0 radical (unpaired) electrons. The first-order chi connectivity index (χ1) is 42.7. The van der Waals surface area contributed by atoms with Gasteiger partial charge in [-0.15, -0.1) is 0 Å². The van der Waals surface area contributed by atoms with Crippen LogP contribution in [0, 0.1) is 40.9 Å². The van der Waals surface area contributed by atoms with Gasteiger partial charge in [-0.25, -0.2) is 0 Å². The lowest BCUT2D eigenvalue weighted by molar-refractivity contribution is -0.179. The molecule has 6 atom stereocenters. The monoisotopic (exact) mass is 1100 g/mol. The number of esters is 2. The molecule has 4 nitrogen and oxygen atoms in total. The topological polar surface area (TPSA) is 52.6 Å². The summed E-state index contributed by atoms with van der Waals surface area (Å²) in [5, 5.41) is 81.5. The molecular weight excluding hydrogens is 1060 g/mol. The summed E-state index contributed by atoms with van der Waals surface area (Å²) < 4.78 is 15.7. The summed E-state index contributed by atoms with van der Waals surface area (Å²) in [6.45, 7) is 14.2. The van der Waals surface area contributed by atoms with Crippen LogP contribution in [0.1, 0.15) is 102 Å². The molecule has 87 heavy (non-hydrogen) atoms. The Hall–Kier alpha value is -8.60. The maximum Gasteiger partial charge on any atom is 0.326 e. The normalized spacial score (nSPS) is 25.9. The highest BCUT2D eigenvalue weighted by Crippen LogP contribution is 2.97. The number of benzene rings is 18. The summed E-state index contributed by atoms with van der Waals surface area (Å²) in [5.41, 5.74) is 1.42. The fourth-order valence-corrected chi connectivity index (χ4v) is 30.2. The van der Waals surface area contributed by atoms with E-state index in [1.54, 1.807) is 97.0 Å². The van der Waals surface area contributed by atoms with Crippen LogP contribution < -0.4 is 0 Å². The van der Waals surface area contributed by atoms with Crippen LogP contribution in [0.5, 0.6) is 0 Å². The number of ether oxygens (including phenoxy) is 2. The smallest absolute Gasteiger partial charge is 0.326 e. The van der Waals surface area contributed by atoms with Crippen molar-refractivity contribution in [2.45, 2.75) is 103 Å². The molecule has 28 aromatic rings. The van der Waals surface area contributed by atoms with E-state index >= 15 is 9.59 Å². The summed E-state index contributed by atoms with van der Waals surface area (Å²) in [6.07, 6.45) is 5.40. The van der Waals surface area contributed by atoms with Gasteiger partial charge in [-0.2, -0.15) is 0 Å². The van der Waals surface area contributed by atoms with Gasteiger partial charge < -0.3 is 9.47 Å². The molecule has 0 N–H and O–H groups in total. The van der Waals surface area contributed by atoms with E-state index in [-0.39, 0.29) is 36.0 Å². The lowest BCUT2D eigenvalue weighted by Gasteiger charge is -2.39. The van der Waals surface area contributed by atoms with Crippen molar-refractivity contribution in [3.63, 3.8) is 0 Å². The van der Waals surface area contributed by atoms with E-state index in [4.69, 9.17) is 9.47 Å². The van der Waals surface area contributed by atoms with E-state index in [2.05, 4.69) is 41.5 Å². The van der Waals surface area contributed by atoms with Gasteiger partial charge in [-0.1, -0.05) is 54.4 Å². The van der Waals surface area contributed by atoms with Gasteiger partial charge in [0.2, 0.25) is 0 Å². The summed E-state index contributed by atoms with van der Waals surface area (Å²) in [4.78, 5) is 36.8. The molecule has 3 fully saturated rings. The van der Waals surface area contributed by atoms with Gasteiger partial charge in [-0.3, -0.25) is 9.59 Å². The zero-order chi connectivity index (χ0) is 54.4. The molecule has 35 rings (SSSR count). The third-order valence-corrected chi connectivity index (χ3v) is 31.4. The van der Waals surface area contributed by atoms with Crippen molar-refractivity contribution in [3.05, 3.63) is 22.3 Å². The van der Waals surface area contributed by atoms with Crippen LogP contribution in [-0.4, -0.2) is 24.1 Å². The van der Waals surface area contributed by atoms with Crippen molar-refractivity contribution < 1.29 is 19.1 Å².